The van der Waals surface area contributed by atoms with Gasteiger partial charge < -0.3 is 0 Å². The van der Waals surface area contributed by atoms with E-state index in [9.17, 15) is 4.39 Å². The van der Waals surface area contributed by atoms with Gasteiger partial charge in [0.2, 0.25) is 0 Å². The molecule has 1 atom stereocenters. The van der Waals surface area contributed by atoms with Crippen LogP contribution in [0.4, 0.5) is 4.39 Å². The first-order valence-electron chi connectivity index (χ1n) is 6.35. The Hall–Kier alpha value is -1.30. The zero-order valence-electron chi connectivity index (χ0n) is 11.5. The number of pyridine rings is 1. The molecule has 2 rings (SSSR count). The average Bonchev–Trinajstić information content (AvgIpc) is 2.39. The van der Waals surface area contributed by atoms with Crippen LogP contribution in [0.1, 0.15) is 28.6 Å². The molecule has 1 heterocycles. The third-order valence-corrected chi connectivity index (χ3v) is 4.05. The first kappa shape index (κ1) is 15.1. The first-order chi connectivity index (χ1) is 9.51. The van der Waals surface area contributed by atoms with Crippen LogP contribution in [0, 0.1) is 19.7 Å². The van der Waals surface area contributed by atoms with Gasteiger partial charge in [-0.25, -0.2) is 4.39 Å². The van der Waals surface area contributed by atoms with Crippen molar-refractivity contribution in [3.05, 3.63) is 63.1 Å². The van der Waals surface area contributed by atoms with Gasteiger partial charge >= 0.3 is 0 Å². The van der Waals surface area contributed by atoms with Crippen LogP contribution in [0.2, 0.25) is 0 Å². The number of benzene rings is 1. The molecule has 1 aromatic heterocycles. The maximum atomic E-state index is 13.6. The van der Waals surface area contributed by atoms with Gasteiger partial charge in [-0.15, -0.1) is 0 Å². The maximum Gasteiger partial charge on any atom is 0.137 e. The predicted molar refractivity (Wildman–Crippen MR) is 81.6 cm³/mol. The van der Waals surface area contributed by atoms with E-state index in [0.29, 0.717) is 10.9 Å². The number of hydrogen-bond acceptors (Lipinski definition) is 3. The lowest BCUT2D eigenvalue weighted by atomic mass is 9.99. The second-order valence-corrected chi connectivity index (χ2v) is 5.61. The Kier molecular flexibility index (Phi) is 4.86. The molecule has 0 saturated carbocycles. The van der Waals surface area contributed by atoms with E-state index in [0.717, 1.165) is 22.5 Å². The molecule has 0 aliphatic rings. The number of nitrogens with zero attached hydrogens (tertiary/aromatic N) is 1. The van der Waals surface area contributed by atoms with Crippen molar-refractivity contribution >= 4 is 15.9 Å². The number of rotatable bonds is 4. The molecule has 0 fully saturated rings. The van der Waals surface area contributed by atoms with Gasteiger partial charge in [-0.2, -0.15) is 0 Å². The lowest BCUT2D eigenvalue weighted by molar-refractivity contribution is 0.545. The summed E-state index contributed by atoms with van der Waals surface area (Å²) in [6, 6.07) is 8.91. The third-order valence-electron chi connectivity index (χ3n) is 3.16. The molecule has 20 heavy (non-hydrogen) atoms. The topological polar surface area (TPSA) is 50.9 Å². The van der Waals surface area contributed by atoms with E-state index in [1.807, 2.05) is 32.0 Å². The second-order valence-electron chi connectivity index (χ2n) is 4.82. The standard InChI is InChI=1S/C15H17BrFN3/c1-9-6-12(7-10(2)19-9)14(20-18)8-11-4-3-5-13(17)15(11)16/h3-7,14,20H,8,18H2,1-2H3. The summed E-state index contributed by atoms with van der Waals surface area (Å²) in [6.07, 6.45) is 0.595. The second kappa shape index (κ2) is 6.43. The zero-order valence-corrected chi connectivity index (χ0v) is 13.0. The number of aryl methyl sites for hydroxylation is 2. The van der Waals surface area contributed by atoms with E-state index in [4.69, 9.17) is 5.84 Å². The predicted octanol–water partition coefficient (Wildman–Crippen LogP) is 3.35. The zero-order chi connectivity index (χ0) is 14.7. The summed E-state index contributed by atoms with van der Waals surface area (Å²) in [5.41, 5.74) is 6.61. The van der Waals surface area contributed by atoms with Crippen LogP contribution in [0.25, 0.3) is 0 Å². The summed E-state index contributed by atoms with van der Waals surface area (Å²) < 4.78 is 14.0. The van der Waals surface area contributed by atoms with E-state index in [1.165, 1.54) is 6.07 Å². The summed E-state index contributed by atoms with van der Waals surface area (Å²) in [6.45, 7) is 3.89. The monoisotopic (exact) mass is 337 g/mol. The number of halogens is 2. The number of aromatic nitrogens is 1. The average molecular weight is 338 g/mol. The molecular weight excluding hydrogens is 321 g/mol. The molecule has 1 unspecified atom stereocenters. The Morgan fingerprint density at radius 3 is 2.55 bits per heavy atom. The van der Waals surface area contributed by atoms with Crippen molar-refractivity contribution in [1.29, 1.82) is 0 Å². The summed E-state index contributed by atoms with van der Waals surface area (Å²) in [4.78, 5) is 4.35. The molecule has 0 amide bonds. The van der Waals surface area contributed by atoms with E-state index in [1.54, 1.807) is 6.07 Å². The maximum absolute atomic E-state index is 13.6. The van der Waals surface area contributed by atoms with Crippen LogP contribution < -0.4 is 11.3 Å². The molecule has 2 aromatic rings. The molecule has 0 saturated heterocycles. The lowest BCUT2D eigenvalue weighted by Crippen LogP contribution is -2.30. The Morgan fingerprint density at radius 2 is 1.95 bits per heavy atom. The highest BCUT2D eigenvalue weighted by Crippen LogP contribution is 2.26. The van der Waals surface area contributed by atoms with E-state index < -0.39 is 0 Å². The van der Waals surface area contributed by atoms with E-state index >= 15 is 0 Å². The van der Waals surface area contributed by atoms with Crippen molar-refractivity contribution < 1.29 is 4.39 Å². The number of hydrazine groups is 1. The Balaban J connectivity index is 2.31. The van der Waals surface area contributed by atoms with Crippen molar-refractivity contribution in [3.8, 4) is 0 Å². The summed E-state index contributed by atoms with van der Waals surface area (Å²) in [5.74, 6) is 5.40. The van der Waals surface area contributed by atoms with Crippen molar-refractivity contribution in [2.75, 3.05) is 0 Å². The summed E-state index contributed by atoms with van der Waals surface area (Å²) in [5, 5.41) is 0. The molecule has 3 nitrogen and oxygen atoms in total. The fraction of sp³-hybridized carbons (Fsp3) is 0.267. The highest BCUT2D eigenvalue weighted by molar-refractivity contribution is 9.10. The summed E-state index contributed by atoms with van der Waals surface area (Å²) in [7, 11) is 0. The molecular formula is C15H17BrFN3. The van der Waals surface area contributed by atoms with Gasteiger partial charge in [0.15, 0.2) is 0 Å². The highest BCUT2D eigenvalue weighted by Gasteiger charge is 2.15. The largest absolute Gasteiger partial charge is 0.271 e. The van der Waals surface area contributed by atoms with Gasteiger partial charge in [0.25, 0.3) is 0 Å². The highest BCUT2D eigenvalue weighted by atomic mass is 79.9. The molecule has 0 aliphatic heterocycles. The van der Waals surface area contributed by atoms with Crippen molar-refractivity contribution in [2.45, 2.75) is 26.3 Å². The fourth-order valence-electron chi connectivity index (χ4n) is 2.27. The van der Waals surface area contributed by atoms with E-state index in [-0.39, 0.29) is 11.9 Å². The van der Waals surface area contributed by atoms with Crippen LogP contribution in [0.3, 0.4) is 0 Å². The minimum Gasteiger partial charge on any atom is -0.271 e. The van der Waals surface area contributed by atoms with Gasteiger partial charge in [-0.1, -0.05) is 12.1 Å². The van der Waals surface area contributed by atoms with Crippen molar-refractivity contribution in [3.63, 3.8) is 0 Å². The minimum absolute atomic E-state index is 0.0894. The normalized spacial score (nSPS) is 12.4. The van der Waals surface area contributed by atoms with Gasteiger partial charge in [-0.05, 0) is 65.5 Å². The molecule has 0 radical (unpaired) electrons. The van der Waals surface area contributed by atoms with Crippen molar-refractivity contribution in [2.24, 2.45) is 5.84 Å². The molecule has 0 spiro atoms. The van der Waals surface area contributed by atoms with Gasteiger partial charge in [0.05, 0.1) is 10.5 Å². The van der Waals surface area contributed by atoms with Gasteiger partial charge in [-0.3, -0.25) is 16.3 Å². The summed E-state index contributed by atoms with van der Waals surface area (Å²) >= 11 is 3.28. The van der Waals surface area contributed by atoms with Gasteiger partial charge in [0.1, 0.15) is 5.82 Å². The minimum atomic E-state index is -0.264. The quantitative estimate of drug-likeness (QED) is 0.664. The van der Waals surface area contributed by atoms with Crippen LogP contribution >= 0.6 is 15.9 Å². The van der Waals surface area contributed by atoms with Crippen LogP contribution in [-0.4, -0.2) is 4.98 Å². The number of hydrogen-bond donors (Lipinski definition) is 2. The number of nitrogens with one attached hydrogen (secondary N) is 1. The first-order valence-corrected chi connectivity index (χ1v) is 7.14. The molecule has 0 bridgehead atoms. The molecule has 3 N–H and O–H groups in total. The Labute approximate surface area is 126 Å². The SMILES string of the molecule is Cc1cc(C(Cc2cccc(F)c2Br)NN)cc(C)n1. The molecule has 5 heteroatoms. The van der Waals surface area contributed by atoms with Crippen LogP contribution in [-0.2, 0) is 6.42 Å². The third kappa shape index (κ3) is 3.42. The molecule has 106 valence electrons. The Morgan fingerprint density at radius 1 is 1.30 bits per heavy atom. The smallest absolute Gasteiger partial charge is 0.137 e. The molecule has 1 aromatic carbocycles. The molecule has 0 aliphatic carbocycles. The Bertz CT molecular complexity index is 596. The lowest BCUT2D eigenvalue weighted by Gasteiger charge is -2.18. The van der Waals surface area contributed by atoms with Gasteiger partial charge in [0, 0.05) is 11.4 Å². The van der Waals surface area contributed by atoms with E-state index in [2.05, 4.69) is 26.3 Å². The van der Waals surface area contributed by atoms with Crippen molar-refractivity contribution in [1.82, 2.24) is 10.4 Å². The number of nitrogens with two attached hydrogens (primary N) is 1. The van der Waals surface area contributed by atoms with Crippen LogP contribution in [0.15, 0.2) is 34.8 Å². The van der Waals surface area contributed by atoms with Crippen LogP contribution in [0.5, 0.6) is 0 Å². The fourth-order valence-corrected chi connectivity index (χ4v) is 2.69.